The van der Waals surface area contributed by atoms with E-state index in [0.717, 1.165) is 22.5 Å². The van der Waals surface area contributed by atoms with Gasteiger partial charge in [-0.15, -0.1) is 0 Å². The Morgan fingerprint density at radius 2 is 1.88 bits per heavy atom. The fourth-order valence-corrected chi connectivity index (χ4v) is 2.46. The Hall–Kier alpha value is -3.21. The summed E-state index contributed by atoms with van der Waals surface area (Å²) in [7, 11) is 0. The number of hydrogen-bond donors (Lipinski definition) is 1. The molecule has 25 heavy (non-hydrogen) atoms. The summed E-state index contributed by atoms with van der Waals surface area (Å²) in [6.07, 6.45) is 6.51. The lowest BCUT2D eigenvalue weighted by molar-refractivity contribution is -0.121. The van der Waals surface area contributed by atoms with Crippen LogP contribution in [-0.2, 0) is 11.2 Å². The smallest absolute Gasteiger partial charge is 0.240 e. The van der Waals surface area contributed by atoms with Crippen LogP contribution in [0.4, 0.5) is 0 Å². The molecule has 0 radical (unpaired) electrons. The lowest BCUT2D eigenvalue weighted by atomic mass is 10.1. The second kappa shape index (κ2) is 8.06. The number of aryl methyl sites for hydroxylation is 1. The number of hydrazone groups is 1. The van der Waals surface area contributed by atoms with E-state index in [-0.39, 0.29) is 5.91 Å². The summed E-state index contributed by atoms with van der Waals surface area (Å²) in [6.45, 7) is 1.88. The molecule has 5 nitrogen and oxygen atoms in total. The summed E-state index contributed by atoms with van der Waals surface area (Å²) in [6, 6.07) is 17.9. The summed E-state index contributed by atoms with van der Waals surface area (Å²) >= 11 is 0. The zero-order valence-corrected chi connectivity index (χ0v) is 14.1. The van der Waals surface area contributed by atoms with E-state index in [1.165, 1.54) is 0 Å². The van der Waals surface area contributed by atoms with Crippen LogP contribution in [0.5, 0.6) is 0 Å². The second-order valence-corrected chi connectivity index (χ2v) is 5.73. The zero-order valence-electron chi connectivity index (χ0n) is 14.1. The van der Waals surface area contributed by atoms with E-state index in [9.17, 15) is 4.79 Å². The molecule has 0 unspecified atom stereocenters. The number of nitrogens with one attached hydrogen (secondary N) is 1. The molecule has 126 valence electrons. The van der Waals surface area contributed by atoms with Crippen molar-refractivity contribution in [3.05, 3.63) is 84.4 Å². The van der Waals surface area contributed by atoms with Crippen LogP contribution >= 0.6 is 0 Å². The van der Waals surface area contributed by atoms with E-state index in [2.05, 4.69) is 15.5 Å². The maximum Gasteiger partial charge on any atom is 0.240 e. The van der Waals surface area contributed by atoms with Crippen molar-refractivity contribution in [3.63, 3.8) is 0 Å². The van der Waals surface area contributed by atoms with Crippen LogP contribution in [0, 0.1) is 0 Å². The molecule has 0 aliphatic carbocycles. The summed E-state index contributed by atoms with van der Waals surface area (Å²) < 4.78 is 1.93. The van der Waals surface area contributed by atoms with E-state index in [4.69, 9.17) is 0 Å². The van der Waals surface area contributed by atoms with E-state index in [1.54, 1.807) is 12.5 Å². The Balaban J connectivity index is 1.55. The van der Waals surface area contributed by atoms with Gasteiger partial charge in [0, 0.05) is 24.5 Å². The van der Waals surface area contributed by atoms with Gasteiger partial charge in [0.25, 0.3) is 0 Å². The fraction of sp³-hybridized carbons (Fsp3) is 0.150. The van der Waals surface area contributed by atoms with Gasteiger partial charge in [0.1, 0.15) is 0 Å². The normalized spacial score (nSPS) is 11.3. The van der Waals surface area contributed by atoms with Crippen LogP contribution < -0.4 is 5.43 Å². The van der Waals surface area contributed by atoms with Crippen molar-refractivity contribution < 1.29 is 4.79 Å². The van der Waals surface area contributed by atoms with Crippen LogP contribution in [0.1, 0.15) is 24.5 Å². The molecule has 1 aromatic heterocycles. The summed E-state index contributed by atoms with van der Waals surface area (Å²) in [5.74, 6) is -0.0850. The molecule has 0 aliphatic rings. The summed E-state index contributed by atoms with van der Waals surface area (Å²) in [5, 5.41) is 4.20. The lowest BCUT2D eigenvalue weighted by Crippen LogP contribution is -2.19. The summed E-state index contributed by atoms with van der Waals surface area (Å²) in [4.78, 5) is 16.0. The molecule has 0 saturated heterocycles. The maximum atomic E-state index is 11.9. The van der Waals surface area contributed by atoms with Crippen molar-refractivity contribution in [1.29, 1.82) is 0 Å². The molecule has 5 heteroatoms. The van der Waals surface area contributed by atoms with E-state index in [0.29, 0.717) is 12.8 Å². The van der Waals surface area contributed by atoms with Crippen LogP contribution in [-0.4, -0.2) is 21.2 Å². The first kappa shape index (κ1) is 16.6. The van der Waals surface area contributed by atoms with Crippen molar-refractivity contribution in [2.75, 3.05) is 0 Å². The Bertz CT molecular complexity index is 837. The van der Waals surface area contributed by atoms with Crippen molar-refractivity contribution in [2.24, 2.45) is 5.10 Å². The highest BCUT2D eigenvalue weighted by atomic mass is 16.2. The predicted octanol–water partition coefficient (Wildman–Crippen LogP) is 3.35. The molecule has 0 aliphatic heterocycles. The Kier molecular flexibility index (Phi) is 5.36. The molecular formula is C20H20N4O. The van der Waals surface area contributed by atoms with Gasteiger partial charge in [0.2, 0.25) is 5.91 Å². The minimum absolute atomic E-state index is 0.0850. The standard InChI is InChI=1S/C20H20N4O/c1-16(18-8-10-19(11-9-18)24-14-13-21-15-24)22-23-20(25)12-7-17-5-3-2-4-6-17/h2-6,8-11,13-15H,7,12H2,1H3,(H,23,25)/b22-16-. The van der Waals surface area contributed by atoms with Crippen molar-refractivity contribution in [3.8, 4) is 5.69 Å². The lowest BCUT2D eigenvalue weighted by Gasteiger charge is -2.05. The Morgan fingerprint density at radius 3 is 2.56 bits per heavy atom. The molecule has 1 N–H and O–H groups in total. The summed E-state index contributed by atoms with van der Waals surface area (Å²) in [5.41, 5.74) is 6.54. The quantitative estimate of drug-likeness (QED) is 0.556. The first-order valence-electron chi connectivity index (χ1n) is 8.18. The van der Waals surface area contributed by atoms with Crippen molar-refractivity contribution >= 4 is 11.6 Å². The molecule has 1 amide bonds. The SMILES string of the molecule is C/C(=N/NC(=O)CCc1ccccc1)c1ccc(-n2ccnc2)cc1. The third-order valence-corrected chi connectivity index (χ3v) is 3.92. The molecule has 0 bridgehead atoms. The number of rotatable bonds is 6. The number of carbonyl (C=O) groups excluding carboxylic acids is 1. The number of aromatic nitrogens is 2. The molecule has 0 fully saturated rings. The van der Waals surface area contributed by atoms with Gasteiger partial charge in [0.05, 0.1) is 12.0 Å². The second-order valence-electron chi connectivity index (χ2n) is 5.73. The Labute approximate surface area is 147 Å². The monoisotopic (exact) mass is 332 g/mol. The highest BCUT2D eigenvalue weighted by molar-refractivity contribution is 5.99. The van der Waals surface area contributed by atoms with Gasteiger partial charge in [0.15, 0.2) is 0 Å². The fourth-order valence-electron chi connectivity index (χ4n) is 2.46. The Morgan fingerprint density at radius 1 is 1.12 bits per heavy atom. The molecule has 1 heterocycles. The van der Waals surface area contributed by atoms with Gasteiger partial charge in [-0.25, -0.2) is 10.4 Å². The van der Waals surface area contributed by atoms with E-state index >= 15 is 0 Å². The first-order valence-corrected chi connectivity index (χ1v) is 8.18. The van der Waals surface area contributed by atoms with Gasteiger partial charge >= 0.3 is 0 Å². The van der Waals surface area contributed by atoms with Gasteiger partial charge < -0.3 is 4.57 Å². The van der Waals surface area contributed by atoms with E-state index in [1.807, 2.05) is 72.3 Å². The molecular weight excluding hydrogens is 312 g/mol. The van der Waals surface area contributed by atoms with Crippen LogP contribution in [0.25, 0.3) is 5.69 Å². The number of imidazole rings is 1. The van der Waals surface area contributed by atoms with Crippen LogP contribution in [0.3, 0.4) is 0 Å². The molecule has 3 rings (SSSR count). The van der Waals surface area contributed by atoms with Gasteiger partial charge in [-0.1, -0.05) is 42.5 Å². The number of amides is 1. The predicted molar refractivity (Wildman–Crippen MR) is 98.7 cm³/mol. The van der Waals surface area contributed by atoms with Crippen molar-refractivity contribution in [2.45, 2.75) is 19.8 Å². The highest BCUT2D eigenvalue weighted by Crippen LogP contribution is 2.10. The maximum absolute atomic E-state index is 11.9. The zero-order chi connectivity index (χ0) is 17.5. The van der Waals surface area contributed by atoms with Crippen LogP contribution in [0.15, 0.2) is 78.4 Å². The minimum atomic E-state index is -0.0850. The number of hydrogen-bond acceptors (Lipinski definition) is 3. The van der Waals surface area contributed by atoms with Gasteiger partial charge in [-0.05, 0) is 36.6 Å². The third-order valence-electron chi connectivity index (χ3n) is 3.92. The highest BCUT2D eigenvalue weighted by Gasteiger charge is 2.03. The minimum Gasteiger partial charge on any atom is -0.306 e. The first-order chi connectivity index (χ1) is 12.2. The molecule has 0 atom stereocenters. The average Bonchev–Trinajstić information content (AvgIpc) is 3.20. The number of nitrogens with zero attached hydrogens (tertiary/aromatic N) is 3. The third kappa shape index (κ3) is 4.64. The van der Waals surface area contributed by atoms with E-state index < -0.39 is 0 Å². The van der Waals surface area contributed by atoms with Crippen molar-refractivity contribution in [1.82, 2.24) is 15.0 Å². The largest absolute Gasteiger partial charge is 0.306 e. The molecule has 2 aromatic carbocycles. The van der Waals surface area contributed by atoms with Gasteiger partial charge in [-0.3, -0.25) is 4.79 Å². The number of benzene rings is 2. The average molecular weight is 332 g/mol. The molecule has 0 saturated carbocycles. The topological polar surface area (TPSA) is 59.3 Å². The van der Waals surface area contributed by atoms with Crippen LogP contribution in [0.2, 0.25) is 0 Å². The molecule has 3 aromatic rings. The molecule has 0 spiro atoms. The van der Waals surface area contributed by atoms with Gasteiger partial charge in [-0.2, -0.15) is 5.10 Å². The number of carbonyl (C=O) groups is 1.